The lowest BCUT2D eigenvalue weighted by Gasteiger charge is -2.14. The number of amides is 1. The summed E-state index contributed by atoms with van der Waals surface area (Å²) >= 11 is 2.98. The minimum atomic E-state index is -0.854. The quantitative estimate of drug-likeness (QED) is 0.704. The summed E-state index contributed by atoms with van der Waals surface area (Å²) in [4.78, 5) is 11.9. The van der Waals surface area contributed by atoms with Crippen molar-refractivity contribution in [2.45, 2.75) is 52.0 Å². The zero-order valence-electron chi connectivity index (χ0n) is 11.8. The van der Waals surface area contributed by atoms with Crippen molar-refractivity contribution in [1.82, 2.24) is 5.32 Å². The fourth-order valence-corrected chi connectivity index (χ4v) is 2.41. The van der Waals surface area contributed by atoms with E-state index in [1.54, 1.807) is 0 Å². The molecule has 1 amide bonds. The molecule has 0 aliphatic heterocycles. The standard InChI is InChI=1S/C15H20BrF2NO/c1-3-4-5-6-7-10(2)19-15(20)14-12(17)8-11(16)9-13(14)18/h8-10H,3-7H2,1-2H3,(H,19,20). The molecule has 112 valence electrons. The van der Waals surface area contributed by atoms with Gasteiger partial charge in [0.15, 0.2) is 0 Å². The monoisotopic (exact) mass is 347 g/mol. The third-order valence-electron chi connectivity index (χ3n) is 3.10. The maximum absolute atomic E-state index is 13.6. The molecule has 0 aliphatic rings. The van der Waals surface area contributed by atoms with Crippen molar-refractivity contribution in [3.05, 3.63) is 33.8 Å². The highest BCUT2D eigenvalue weighted by molar-refractivity contribution is 9.10. The van der Waals surface area contributed by atoms with Crippen molar-refractivity contribution in [2.75, 3.05) is 0 Å². The van der Waals surface area contributed by atoms with Crippen LogP contribution >= 0.6 is 15.9 Å². The van der Waals surface area contributed by atoms with Crippen LogP contribution in [0.5, 0.6) is 0 Å². The summed E-state index contributed by atoms with van der Waals surface area (Å²) in [6.45, 7) is 3.98. The first-order valence-corrected chi connectivity index (χ1v) is 7.70. The Kier molecular flexibility index (Phi) is 7.13. The van der Waals surface area contributed by atoms with Crippen molar-refractivity contribution in [1.29, 1.82) is 0 Å². The van der Waals surface area contributed by atoms with E-state index in [1.165, 1.54) is 0 Å². The molecule has 0 saturated heterocycles. The van der Waals surface area contributed by atoms with Crippen LogP contribution in [0.15, 0.2) is 16.6 Å². The number of nitrogens with one attached hydrogen (secondary N) is 1. The molecule has 0 spiro atoms. The highest BCUT2D eigenvalue weighted by Gasteiger charge is 2.19. The summed E-state index contributed by atoms with van der Waals surface area (Å²) in [5, 5.41) is 2.64. The average Bonchev–Trinajstić information content (AvgIpc) is 2.33. The van der Waals surface area contributed by atoms with E-state index in [4.69, 9.17) is 0 Å². The molecule has 1 rings (SSSR count). The van der Waals surface area contributed by atoms with Gasteiger partial charge in [0, 0.05) is 10.5 Å². The smallest absolute Gasteiger partial charge is 0.257 e. The normalized spacial score (nSPS) is 12.2. The number of rotatable bonds is 7. The molecule has 0 radical (unpaired) electrons. The SMILES string of the molecule is CCCCCCC(C)NC(=O)c1c(F)cc(Br)cc1F. The molecule has 1 aromatic rings. The molecule has 0 bridgehead atoms. The number of carbonyl (C=O) groups excluding carboxylic acids is 1. The van der Waals surface area contributed by atoms with Gasteiger partial charge in [0.1, 0.15) is 17.2 Å². The minimum Gasteiger partial charge on any atom is -0.349 e. The van der Waals surface area contributed by atoms with Crippen LogP contribution in [-0.2, 0) is 0 Å². The second kappa shape index (κ2) is 8.35. The Bertz CT molecular complexity index is 442. The summed E-state index contributed by atoms with van der Waals surface area (Å²) < 4.78 is 27.5. The van der Waals surface area contributed by atoms with Gasteiger partial charge in [-0.3, -0.25) is 4.79 Å². The fraction of sp³-hybridized carbons (Fsp3) is 0.533. The Balaban J connectivity index is 2.58. The summed E-state index contributed by atoms with van der Waals surface area (Å²) in [6, 6.07) is 2.08. The molecular formula is C15H20BrF2NO. The Morgan fingerprint density at radius 3 is 2.40 bits per heavy atom. The van der Waals surface area contributed by atoms with Gasteiger partial charge >= 0.3 is 0 Å². The lowest BCUT2D eigenvalue weighted by atomic mass is 10.1. The van der Waals surface area contributed by atoms with Crippen LogP contribution in [0, 0.1) is 11.6 Å². The van der Waals surface area contributed by atoms with Crippen molar-refractivity contribution in [2.24, 2.45) is 0 Å². The van der Waals surface area contributed by atoms with Crippen LogP contribution in [0.1, 0.15) is 56.3 Å². The van der Waals surface area contributed by atoms with E-state index in [9.17, 15) is 13.6 Å². The van der Waals surface area contributed by atoms with Crippen LogP contribution in [0.25, 0.3) is 0 Å². The first-order valence-electron chi connectivity index (χ1n) is 6.91. The van der Waals surface area contributed by atoms with E-state index in [-0.39, 0.29) is 10.5 Å². The maximum atomic E-state index is 13.6. The number of carbonyl (C=O) groups is 1. The second-order valence-electron chi connectivity index (χ2n) is 4.97. The van der Waals surface area contributed by atoms with Gasteiger partial charge in [0.25, 0.3) is 5.91 Å². The summed E-state index contributed by atoms with van der Waals surface area (Å²) in [7, 11) is 0. The average molecular weight is 348 g/mol. The third-order valence-corrected chi connectivity index (χ3v) is 3.56. The first-order chi connectivity index (χ1) is 9.45. The van der Waals surface area contributed by atoms with Gasteiger partial charge < -0.3 is 5.32 Å². The van der Waals surface area contributed by atoms with Crippen molar-refractivity contribution in [3.63, 3.8) is 0 Å². The molecule has 1 N–H and O–H groups in total. The highest BCUT2D eigenvalue weighted by Crippen LogP contribution is 2.19. The molecule has 5 heteroatoms. The van der Waals surface area contributed by atoms with Gasteiger partial charge in [-0.05, 0) is 25.5 Å². The predicted octanol–water partition coefficient (Wildman–Crippen LogP) is 4.82. The van der Waals surface area contributed by atoms with Crippen LogP contribution < -0.4 is 5.32 Å². The summed E-state index contributed by atoms with van der Waals surface area (Å²) in [5.41, 5.74) is -0.520. The van der Waals surface area contributed by atoms with Gasteiger partial charge in [-0.15, -0.1) is 0 Å². The Morgan fingerprint density at radius 1 is 1.25 bits per heavy atom. The molecule has 20 heavy (non-hydrogen) atoms. The van der Waals surface area contributed by atoms with E-state index in [2.05, 4.69) is 28.2 Å². The van der Waals surface area contributed by atoms with E-state index in [0.717, 1.165) is 44.2 Å². The molecular weight excluding hydrogens is 328 g/mol. The van der Waals surface area contributed by atoms with Gasteiger partial charge in [0.05, 0.1) is 0 Å². The van der Waals surface area contributed by atoms with Crippen molar-refractivity contribution in [3.8, 4) is 0 Å². The Hall–Kier alpha value is -0.970. The summed E-state index contributed by atoms with van der Waals surface area (Å²) in [5.74, 6) is -2.41. The maximum Gasteiger partial charge on any atom is 0.257 e. The molecule has 0 aliphatic carbocycles. The van der Waals surface area contributed by atoms with Gasteiger partial charge in [-0.1, -0.05) is 48.5 Å². The van der Waals surface area contributed by atoms with Gasteiger partial charge in [0.2, 0.25) is 0 Å². The van der Waals surface area contributed by atoms with E-state index < -0.39 is 23.1 Å². The lowest BCUT2D eigenvalue weighted by Crippen LogP contribution is -2.33. The summed E-state index contributed by atoms with van der Waals surface area (Å²) in [6.07, 6.45) is 5.23. The predicted molar refractivity (Wildman–Crippen MR) is 79.7 cm³/mol. The van der Waals surface area contributed by atoms with E-state index >= 15 is 0 Å². The number of halogens is 3. The zero-order chi connectivity index (χ0) is 15.1. The first kappa shape index (κ1) is 17.1. The fourth-order valence-electron chi connectivity index (χ4n) is 2.00. The molecule has 0 saturated carbocycles. The number of hydrogen-bond acceptors (Lipinski definition) is 1. The number of benzene rings is 1. The van der Waals surface area contributed by atoms with Crippen LogP contribution in [0.2, 0.25) is 0 Å². The lowest BCUT2D eigenvalue weighted by molar-refractivity contribution is 0.0929. The molecule has 0 fully saturated rings. The highest BCUT2D eigenvalue weighted by atomic mass is 79.9. The van der Waals surface area contributed by atoms with E-state index in [0.29, 0.717) is 0 Å². The Labute approximate surface area is 127 Å². The van der Waals surface area contributed by atoms with Crippen LogP contribution in [0.4, 0.5) is 8.78 Å². The van der Waals surface area contributed by atoms with Gasteiger partial charge in [-0.2, -0.15) is 0 Å². The van der Waals surface area contributed by atoms with Crippen molar-refractivity contribution >= 4 is 21.8 Å². The topological polar surface area (TPSA) is 29.1 Å². The molecule has 1 atom stereocenters. The minimum absolute atomic E-state index is 0.0956. The van der Waals surface area contributed by atoms with Crippen LogP contribution in [-0.4, -0.2) is 11.9 Å². The Morgan fingerprint density at radius 2 is 1.85 bits per heavy atom. The van der Waals surface area contributed by atoms with Gasteiger partial charge in [-0.25, -0.2) is 8.78 Å². The number of hydrogen-bond donors (Lipinski definition) is 1. The molecule has 2 nitrogen and oxygen atoms in total. The van der Waals surface area contributed by atoms with Crippen LogP contribution in [0.3, 0.4) is 0 Å². The largest absolute Gasteiger partial charge is 0.349 e. The van der Waals surface area contributed by atoms with Crippen molar-refractivity contribution < 1.29 is 13.6 Å². The molecule has 1 aromatic carbocycles. The zero-order valence-corrected chi connectivity index (χ0v) is 13.4. The molecule has 0 aromatic heterocycles. The number of unbranched alkanes of at least 4 members (excludes halogenated alkanes) is 3. The van der Waals surface area contributed by atoms with E-state index in [1.807, 2.05) is 6.92 Å². The second-order valence-corrected chi connectivity index (χ2v) is 5.88. The molecule has 0 heterocycles. The third kappa shape index (κ3) is 5.19. The molecule has 1 unspecified atom stereocenters.